The lowest BCUT2D eigenvalue weighted by molar-refractivity contribution is -0.140. The number of hydrogen-bond donors (Lipinski definition) is 2. The Bertz CT molecular complexity index is 461. The number of carbonyl (C=O) groups excluding carboxylic acids is 2. The van der Waals surface area contributed by atoms with Crippen molar-refractivity contribution in [3.8, 4) is 0 Å². The molecule has 1 aliphatic carbocycles. The summed E-state index contributed by atoms with van der Waals surface area (Å²) in [6.45, 7) is 2.44. The number of nitrogens with zero attached hydrogens (tertiary/aromatic N) is 1. The van der Waals surface area contributed by atoms with Crippen LogP contribution in [-0.2, 0) is 16.1 Å². The summed E-state index contributed by atoms with van der Waals surface area (Å²) in [7, 11) is 0. The third-order valence-electron chi connectivity index (χ3n) is 3.81. The molecule has 0 unspecified atom stereocenters. The number of nitrogens with one attached hydrogen (secondary N) is 2. The third-order valence-corrected chi connectivity index (χ3v) is 3.81. The van der Waals surface area contributed by atoms with E-state index >= 15 is 0 Å². The molecule has 20 heavy (non-hydrogen) atoms. The normalized spacial score (nSPS) is 22.1. The van der Waals surface area contributed by atoms with Gasteiger partial charge in [0.1, 0.15) is 0 Å². The highest BCUT2D eigenvalue weighted by molar-refractivity contribution is 6.35. The van der Waals surface area contributed by atoms with Crippen LogP contribution in [0.3, 0.4) is 0 Å². The van der Waals surface area contributed by atoms with Crippen molar-refractivity contribution in [2.24, 2.45) is 5.92 Å². The standard InChI is InChI=1S/C15H21N3O2/c1-11-5-2-3-7-13(11)18-15(20)14(19)17-10-12-6-4-8-16-9-12/h4,6,8-9,11,13H,2-3,5,7,10H2,1H3,(H,17,19)(H,18,20)/t11-,13+/m0/s1. The second-order valence-corrected chi connectivity index (χ2v) is 5.39. The first-order valence-electron chi connectivity index (χ1n) is 7.14. The first-order chi connectivity index (χ1) is 9.66. The van der Waals surface area contributed by atoms with E-state index in [0.29, 0.717) is 12.5 Å². The van der Waals surface area contributed by atoms with Crippen LogP contribution in [0.25, 0.3) is 0 Å². The van der Waals surface area contributed by atoms with E-state index in [4.69, 9.17) is 0 Å². The third kappa shape index (κ3) is 4.05. The molecule has 1 heterocycles. The van der Waals surface area contributed by atoms with Crippen LogP contribution < -0.4 is 10.6 Å². The minimum atomic E-state index is -0.577. The Morgan fingerprint density at radius 1 is 1.30 bits per heavy atom. The Hall–Kier alpha value is -1.91. The van der Waals surface area contributed by atoms with Crippen molar-refractivity contribution in [2.45, 2.75) is 45.2 Å². The molecule has 2 atom stereocenters. The van der Waals surface area contributed by atoms with Crippen LogP contribution in [0.4, 0.5) is 0 Å². The number of pyridine rings is 1. The van der Waals surface area contributed by atoms with Crippen molar-refractivity contribution < 1.29 is 9.59 Å². The predicted octanol–water partition coefficient (Wildman–Crippen LogP) is 1.39. The van der Waals surface area contributed by atoms with E-state index in [1.807, 2.05) is 6.07 Å². The molecule has 1 aromatic heterocycles. The fourth-order valence-corrected chi connectivity index (χ4v) is 2.53. The topological polar surface area (TPSA) is 71.1 Å². The molecular weight excluding hydrogens is 254 g/mol. The minimum Gasteiger partial charge on any atom is -0.345 e. The largest absolute Gasteiger partial charge is 0.345 e. The Labute approximate surface area is 119 Å². The Kier molecular flexibility index (Phi) is 5.09. The molecule has 0 spiro atoms. The average Bonchev–Trinajstić information content (AvgIpc) is 2.48. The van der Waals surface area contributed by atoms with E-state index in [9.17, 15) is 9.59 Å². The maximum atomic E-state index is 11.8. The summed E-state index contributed by atoms with van der Waals surface area (Å²) in [5, 5.41) is 5.45. The molecule has 1 aromatic rings. The lowest BCUT2D eigenvalue weighted by atomic mass is 9.86. The Balaban J connectivity index is 1.78. The summed E-state index contributed by atoms with van der Waals surface area (Å²) in [6, 6.07) is 3.78. The monoisotopic (exact) mass is 275 g/mol. The number of aromatic nitrogens is 1. The van der Waals surface area contributed by atoms with Gasteiger partial charge in [-0.3, -0.25) is 14.6 Å². The average molecular weight is 275 g/mol. The zero-order valence-electron chi connectivity index (χ0n) is 11.8. The first-order valence-corrected chi connectivity index (χ1v) is 7.14. The fraction of sp³-hybridized carbons (Fsp3) is 0.533. The molecule has 1 fully saturated rings. The number of carbonyl (C=O) groups is 2. The lowest BCUT2D eigenvalue weighted by Crippen LogP contribution is -2.47. The van der Waals surface area contributed by atoms with Crippen molar-refractivity contribution in [2.75, 3.05) is 0 Å². The van der Waals surface area contributed by atoms with Gasteiger partial charge >= 0.3 is 11.8 Å². The SMILES string of the molecule is C[C@H]1CCCC[C@H]1NC(=O)C(=O)NCc1cccnc1. The fourth-order valence-electron chi connectivity index (χ4n) is 2.53. The predicted molar refractivity (Wildman–Crippen MR) is 75.6 cm³/mol. The number of hydrogen-bond acceptors (Lipinski definition) is 3. The second kappa shape index (κ2) is 7.03. The molecule has 0 bridgehead atoms. The highest BCUT2D eigenvalue weighted by atomic mass is 16.2. The molecule has 0 radical (unpaired) electrons. The van der Waals surface area contributed by atoms with E-state index in [0.717, 1.165) is 24.8 Å². The molecule has 0 aromatic carbocycles. The highest BCUT2D eigenvalue weighted by Gasteiger charge is 2.25. The first kappa shape index (κ1) is 14.5. The van der Waals surface area contributed by atoms with Crippen LogP contribution >= 0.6 is 0 Å². The zero-order valence-corrected chi connectivity index (χ0v) is 11.8. The van der Waals surface area contributed by atoms with Gasteiger partial charge in [0, 0.05) is 25.0 Å². The molecule has 2 amide bonds. The van der Waals surface area contributed by atoms with Crippen LogP contribution in [0.5, 0.6) is 0 Å². The van der Waals surface area contributed by atoms with Crippen molar-refractivity contribution in [1.29, 1.82) is 0 Å². The summed E-state index contributed by atoms with van der Waals surface area (Å²) in [6.07, 6.45) is 7.74. The summed E-state index contributed by atoms with van der Waals surface area (Å²) in [5.41, 5.74) is 0.875. The molecule has 1 saturated carbocycles. The number of amides is 2. The summed E-state index contributed by atoms with van der Waals surface area (Å²) >= 11 is 0. The van der Waals surface area contributed by atoms with Crippen molar-refractivity contribution in [3.63, 3.8) is 0 Å². The zero-order chi connectivity index (χ0) is 14.4. The minimum absolute atomic E-state index is 0.125. The molecule has 5 heteroatoms. The van der Waals surface area contributed by atoms with Gasteiger partial charge in [0.15, 0.2) is 0 Å². The van der Waals surface area contributed by atoms with Gasteiger partial charge in [-0.1, -0.05) is 25.8 Å². The molecule has 2 N–H and O–H groups in total. The molecule has 108 valence electrons. The maximum absolute atomic E-state index is 11.8. The van der Waals surface area contributed by atoms with Crippen LogP contribution in [0.1, 0.15) is 38.2 Å². The van der Waals surface area contributed by atoms with Crippen molar-refractivity contribution in [1.82, 2.24) is 15.6 Å². The van der Waals surface area contributed by atoms with E-state index in [1.54, 1.807) is 18.5 Å². The van der Waals surface area contributed by atoms with E-state index < -0.39 is 11.8 Å². The van der Waals surface area contributed by atoms with Gasteiger partial charge in [0.2, 0.25) is 0 Å². The molecule has 0 saturated heterocycles. The van der Waals surface area contributed by atoms with Gasteiger partial charge < -0.3 is 10.6 Å². The Morgan fingerprint density at radius 2 is 2.10 bits per heavy atom. The van der Waals surface area contributed by atoms with Gasteiger partial charge in [-0.2, -0.15) is 0 Å². The van der Waals surface area contributed by atoms with Gasteiger partial charge in [-0.05, 0) is 30.4 Å². The van der Waals surface area contributed by atoms with E-state index in [2.05, 4.69) is 22.5 Å². The summed E-state index contributed by atoms with van der Waals surface area (Å²) in [4.78, 5) is 27.6. The van der Waals surface area contributed by atoms with Gasteiger partial charge in [0.25, 0.3) is 0 Å². The van der Waals surface area contributed by atoms with Gasteiger partial charge in [0.05, 0.1) is 0 Å². The van der Waals surface area contributed by atoms with Gasteiger partial charge in [-0.15, -0.1) is 0 Å². The summed E-state index contributed by atoms with van der Waals surface area (Å²) < 4.78 is 0. The number of rotatable bonds is 3. The molecular formula is C15H21N3O2. The van der Waals surface area contributed by atoms with Crippen LogP contribution in [0, 0.1) is 5.92 Å². The quantitative estimate of drug-likeness (QED) is 0.819. The van der Waals surface area contributed by atoms with Crippen molar-refractivity contribution in [3.05, 3.63) is 30.1 Å². The second-order valence-electron chi connectivity index (χ2n) is 5.39. The van der Waals surface area contributed by atoms with Crippen LogP contribution in [0.15, 0.2) is 24.5 Å². The van der Waals surface area contributed by atoms with Crippen LogP contribution in [-0.4, -0.2) is 22.8 Å². The maximum Gasteiger partial charge on any atom is 0.309 e. The van der Waals surface area contributed by atoms with E-state index in [1.165, 1.54) is 6.42 Å². The lowest BCUT2D eigenvalue weighted by Gasteiger charge is -2.29. The van der Waals surface area contributed by atoms with E-state index in [-0.39, 0.29) is 6.04 Å². The summed E-state index contributed by atoms with van der Waals surface area (Å²) in [5.74, 6) is -0.668. The highest BCUT2D eigenvalue weighted by Crippen LogP contribution is 2.23. The smallest absolute Gasteiger partial charge is 0.309 e. The van der Waals surface area contributed by atoms with Crippen molar-refractivity contribution >= 4 is 11.8 Å². The molecule has 2 rings (SSSR count). The molecule has 1 aliphatic rings. The Morgan fingerprint density at radius 3 is 2.80 bits per heavy atom. The molecule has 0 aliphatic heterocycles. The molecule has 5 nitrogen and oxygen atoms in total. The van der Waals surface area contributed by atoms with Gasteiger partial charge in [-0.25, -0.2) is 0 Å². The van der Waals surface area contributed by atoms with Crippen LogP contribution in [0.2, 0.25) is 0 Å².